The third kappa shape index (κ3) is 2.45. The largest absolute Gasteiger partial charge is 0.583 e. The van der Waals surface area contributed by atoms with Gasteiger partial charge in [-0.15, -0.1) is 0 Å². The Hall–Kier alpha value is -1.26. The molecule has 0 unspecified atom stereocenters. The molecule has 11 heavy (non-hydrogen) atoms. The van der Waals surface area contributed by atoms with E-state index in [4.69, 9.17) is 9.76 Å². The molecule has 2 N–H and O–H groups in total. The highest BCUT2D eigenvalue weighted by molar-refractivity contribution is 7.83. The molecule has 0 saturated heterocycles. The van der Waals surface area contributed by atoms with E-state index in [1.54, 1.807) is 0 Å². The molecule has 0 aliphatic heterocycles. The van der Waals surface area contributed by atoms with E-state index in [-0.39, 0.29) is 0 Å². The van der Waals surface area contributed by atoms with Gasteiger partial charge in [0, 0.05) is 4.92 Å². The fourth-order valence-corrected chi connectivity index (χ4v) is 0.433. The zero-order chi connectivity index (χ0) is 9.23. The highest BCUT2D eigenvalue weighted by Gasteiger charge is 2.36. The number of nitro groups is 1. The van der Waals surface area contributed by atoms with Crippen LogP contribution in [0.5, 0.6) is 0 Å². The SMILES string of the molecule is O=C(N(O)S(=O)(=O)O)[N+](=O)[O-]. The van der Waals surface area contributed by atoms with Gasteiger partial charge in [0.2, 0.25) is 0 Å². The predicted octanol–water partition coefficient (Wildman–Crippen LogP) is -1.12. The number of hydroxylamine groups is 1. The molecule has 64 valence electrons. The van der Waals surface area contributed by atoms with Crippen molar-refractivity contribution < 1.29 is 27.9 Å². The highest BCUT2D eigenvalue weighted by atomic mass is 32.2. The molecule has 0 fully saturated rings. The number of amides is 2. The lowest BCUT2D eigenvalue weighted by Crippen LogP contribution is -2.36. The summed E-state index contributed by atoms with van der Waals surface area (Å²) in [6.45, 7) is 0. The maximum Gasteiger partial charge on any atom is 0.583 e. The van der Waals surface area contributed by atoms with Crippen LogP contribution in [0.2, 0.25) is 0 Å². The summed E-state index contributed by atoms with van der Waals surface area (Å²) in [6, 6.07) is -2.35. The molecule has 0 radical (unpaired) electrons. The van der Waals surface area contributed by atoms with Crippen molar-refractivity contribution in [2.45, 2.75) is 0 Å². The van der Waals surface area contributed by atoms with Crippen LogP contribution >= 0.6 is 0 Å². The summed E-state index contributed by atoms with van der Waals surface area (Å²) in [5, 5.41) is 17.5. The van der Waals surface area contributed by atoms with Crippen molar-refractivity contribution in [2.24, 2.45) is 0 Å². The molecule has 0 heterocycles. The van der Waals surface area contributed by atoms with E-state index in [0.717, 1.165) is 0 Å². The average molecular weight is 186 g/mol. The van der Waals surface area contributed by atoms with E-state index in [1.807, 2.05) is 0 Å². The van der Waals surface area contributed by atoms with Crippen LogP contribution in [0.1, 0.15) is 0 Å². The molecule has 10 heteroatoms. The van der Waals surface area contributed by atoms with Crippen LogP contribution in [-0.4, -0.2) is 33.6 Å². The Bertz CT molecular complexity index is 277. The Labute approximate surface area is 59.8 Å². The molecule has 2 amide bonds. The van der Waals surface area contributed by atoms with Crippen LogP contribution in [0.25, 0.3) is 0 Å². The molecule has 0 aromatic carbocycles. The lowest BCUT2D eigenvalue weighted by atomic mass is 11.1. The van der Waals surface area contributed by atoms with Crippen molar-refractivity contribution in [1.29, 1.82) is 0 Å². The highest BCUT2D eigenvalue weighted by Crippen LogP contribution is 1.94. The molecule has 0 spiro atoms. The summed E-state index contributed by atoms with van der Waals surface area (Å²) in [7, 11) is -5.25. The molecule has 0 rings (SSSR count). The quantitative estimate of drug-likeness (QED) is 0.229. The van der Waals surface area contributed by atoms with Gasteiger partial charge < -0.3 is 10.1 Å². The second-order valence-electron chi connectivity index (χ2n) is 1.26. The first-order valence-electron chi connectivity index (χ1n) is 1.91. The number of hydrogen-bond donors (Lipinski definition) is 2. The Balaban J connectivity index is 4.66. The van der Waals surface area contributed by atoms with Gasteiger partial charge in [-0.3, -0.25) is 0 Å². The van der Waals surface area contributed by atoms with Crippen molar-refractivity contribution in [3.05, 3.63) is 10.1 Å². The van der Waals surface area contributed by atoms with Gasteiger partial charge in [-0.1, -0.05) is 0 Å². The number of nitrogens with zero attached hydrogens (tertiary/aromatic N) is 2. The Morgan fingerprint density at radius 3 is 2.00 bits per heavy atom. The number of hydrogen-bond acceptors (Lipinski definition) is 6. The normalized spacial score (nSPS) is 10.7. The maximum absolute atomic E-state index is 9.93. The van der Waals surface area contributed by atoms with Gasteiger partial charge in [0.25, 0.3) is 0 Å². The minimum atomic E-state index is -5.25. The van der Waals surface area contributed by atoms with E-state index >= 15 is 0 Å². The predicted molar refractivity (Wildman–Crippen MR) is 27.6 cm³/mol. The van der Waals surface area contributed by atoms with Crippen molar-refractivity contribution in [3.8, 4) is 0 Å². The van der Waals surface area contributed by atoms with Crippen LogP contribution in [0.15, 0.2) is 0 Å². The maximum atomic E-state index is 9.93. The van der Waals surface area contributed by atoms with Crippen LogP contribution in [0.3, 0.4) is 0 Å². The molecular formula is CH2N2O7S. The number of carbonyl (C=O) groups is 1. The first-order chi connectivity index (χ1) is 4.76. The van der Waals surface area contributed by atoms with Crippen LogP contribution in [0.4, 0.5) is 4.79 Å². The molecule has 0 aliphatic rings. The minimum Gasteiger partial charge on any atom is -0.355 e. The molecule has 0 aromatic rings. The Morgan fingerprint density at radius 1 is 1.55 bits per heavy atom. The molecular weight excluding hydrogens is 184 g/mol. The Kier molecular flexibility index (Phi) is 2.46. The van der Waals surface area contributed by atoms with Gasteiger partial charge in [-0.25, -0.2) is 4.55 Å². The first kappa shape index (κ1) is 9.74. The topological polar surface area (TPSA) is 138 Å². The molecule has 0 aliphatic carbocycles. The average Bonchev–Trinajstić information content (AvgIpc) is 1.82. The van der Waals surface area contributed by atoms with Gasteiger partial charge in [0.1, 0.15) is 0 Å². The molecule has 9 nitrogen and oxygen atoms in total. The number of carbonyl (C=O) groups excluding carboxylic acids is 1. The first-order valence-corrected chi connectivity index (χ1v) is 3.31. The zero-order valence-corrected chi connectivity index (χ0v) is 5.55. The number of urea groups is 1. The lowest BCUT2D eigenvalue weighted by molar-refractivity contribution is -0.391. The van der Waals surface area contributed by atoms with Crippen molar-refractivity contribution in [3.63, 3.8) is 0 Å². The summed E-state index contributed by atoms with van der Waals surface area (Å²) in [5.41, 5.74) is 0. The lowest BCUT2D eigenvalue weighted by Gasteiger charge is -1.98. The second-order valence-corrected chi connectivity index (χ2v) is 2.50. The van der Waals surface area contributed by atoms with Crippen LogP contribution in [-0.2, 0) is 10.3 Å². The van der Waals surface area contributed by atoms with Gasteiger partial charge in [0.05, 0.1) is 4.47 Å². The van der Waals surface area contributed by atoms with Crippen molar-refractivity contribution in [2.75, 3.05) is 0 Å². The minimum absolute atomic E-state index is 1.38. The van der Waals surface area contributed by atoms with Gasteiger partial charge in [-0.2, -0.15) is 18.4 Å². The fraction of sp³-hybridized carbons (Fsp3) is 0. The van der Waals surface area contributed by atoms with E-state index in [1.165, 1.54) is 0 Å². The second kappa shape index (κ2) is 2.77. The molecule has 0 bridgehead atoms. The fourth-order valence-electron chi connectivity index (χ4n) is 0.169. The molecule has 0 saturated carbocycles. The van der Waals surface area contributed by atoms with E-state index in [2.05, 4.69) is 0 Å². The van der Waals surface area contributed by atoms with E-state index in [9.17, 15) is 23.3 Å². The molecule has 0 aromatic heterocycles. The van der Waals surface area contributed by atoms with Crippen LogP contribution in [0, 0.1) is 10.1 Å². The monoisotopic (exact) mass is 186 g/mol. The van der Waals surface area contributed by atoms with E-state index < -0.39 is 25.7 Å². The summed E-state index contributed by atoms with van der Waals surface area (Å²) in [6.07, 6.45) is 0. The summed E-state index contributed by atoms with van der Waals surface area (Å²) >= 11 is 0. The number of rotatable bonds is 1. The summed E-state index contributed by atoms with van der Waals surface area (Å²) in [4.78, 5) is 17.7. The van der Waals surface area contributed by atoms with Crippen molar-refractivity contribution in [1.82, 2.24) is 4.47 Å². The van der Waals surface area contributed by atoms with Crippen molar-refractivity contribution >= 4 is 16.3 Å². The third-order valence-corrected chi connectivity index (χ3v) is 1.13. The van der Waals surface area contributed by atoms with Gasteiger partial charge in [0.15, 0.2) is 0 Å². The van der Waals surface area contributed by atoms with E-state index in [0.29, 0.717) is 0 Å². The summed E-state index contributed by atoms with van der Waals surface area (Å²) in [5.74, 6) is 0. The van der Waals surface area contributed by atoms with Gasteiger partial charge >= 0.3 is 16.3 Å². The summed E-state index contributed by atoms with van der Waals surface area (Å²) < 4.78 is 26.0. The standard InChI is InChI=1S/CH2N2O7S/c4-1(2(5)6)3(7)11(8,9)10/h7H,(H,8,9,10). The zero-order valence-electron chi connectivity index (χ0n) is 4.74. The molecule has 0 atom stereocenters. The van der Waals surface area contributed by atoms with Crippen LogP contribution < -0.4 is 0 Å². The third-order valence-electron chi connectivity index (χ3n) is 0.538. The smallest absolute Gasteiger partial charge is 0.355 e. The Morgan fingerprint density at radius 2 is 1.91 bits per heavy atom. The van der Waals surface area contributed by atoms with Gasteiger partial charge in [-0.05, 0) is 0 Å².